The normalized spacial score (nSPS) is 19.6. The second kappa shape index (κ2) is 9.00. The van der Waals surface area contributed by atoms with E-state index in [4.69, 9.17) is 5.26 Å². The fourth-order valence-corrected chi connectivity index (χ4v) is 2.15. The predicted octanol–water partition coefficient (Wildman–Crippen LogP) is 1.58. The third-order valence-corrected chi connectivity index (χ3v) is 3.22. The number of piperidine rings is 1. The van der Waals surface area contributed by atoms with Crippen molar-refractivity contribution >= 4 is 5.91 Å². The fraction of sp³-hybridized carbons (Fsp3) is 0.846. The second-order valence-electron chi connectivity index (χ2n) is 4.72. The van der Waals surface area contributed by atoms with Gasteiger partial charge in [0.05, 0.1) is 6.07 Å². The van der Waals surface area contributed by atoms with Gasteiger partial charge in [-0.25, -0.2) is 0 Å². The first kappa shape index (κ1) is 14.0. The molecule has 1 amide bonds. The van der Waals surface area contributed by atoms with E-state index in [-0.39, 0.29) is 5.91 Å². The summed E-state index contributed by atoms with van der Waals surface area (Å²) in [6.07, 6.45) is 6.50. The second-order valence-corrected chi connectivity index (χ2v) is 4.72. The van der Waals surface area contributed by atoms with Crippen molar-refractivity contribution in [1.82, 2.24) is 10.6 Å². The highest BCUT2D eigenvalue weighted by Gasteiger charge is 2.13. The van der Waals surface area contributed by atoms with Crippen LogP contribution in [-0.2, 0) is 4.79 Å². The van der Waals surface area contributed by atoms with E-state index in [1.165, 1.54) is 12.8 Å². The fourth-order valence-electron chi connectivity index (χ4n) is 2.15. The van der Waals surface area contributed by atoms with Gasteiger partial charge in [-0.1, -0.05) is 0 Å². The van der Waals surface area contributed by atoms with E-state index in [2.05, 4.69) is 16.7 Å². The molecule has 4 heteroatoms. The van der Waals surface area contributed by atoms with Gasteiger partial charge in [-0.05, 0) is 51.1 Å². The monoisotopic (exact) mass is 237 g/mol. The molecule has 1 heterocycles. The van der Waals surface area contributed by atoms with Gasteiger partial charge in [-0.3, -0.25) is 4.79 Å². The number of amides is 1. The van der Waals surface area contributed by atoms with E-state index in [9.17, 15) is 4.79 Å². The molecule has 1 rings (SSSR count). The Hall–Kier alpha value is -1.08. The predicted molar refractivity (Wildman–Crippen MR) is 67.3 cm³/mol. The first-order valence-electron chi connectivity index (χ1n) is 6.67. The first-order valence-corrected chi connectivity index (χ1v) is 6.67. The Balaban J connectivity index is 1.95. The summed E-state index contributed by atoms with van der Waals surface area (Å²) in [6, 6.07) is 2.10. The molecule has 1 aliphatic heterocycles. The largest absolute Gasteiger partial charge is 0.356 e. The number of nitrogens with one attached hydrogen (secondary N) is 2. The SMILES string of the molecule is N#CCCCCNC(=O)CCC1CCCNC1. The van der Waals surface area contributed by atoms with Crippen LogP contribution in [0.5, 0.6) is 0 Å². The molecule has 17 heavy (non-hydrogen) atoms. The summed E-state index contributed by atoms with van der Waals surface area (Å²) in [5, 5.41) is 14.6. The quantitative estimate of drug-likeness (QED) is 0.661. The number of hydrogen-bond donors (Lipinski definition) is 2. The summed E-state index contributed by atoms with van der Waals surface area (Å²) < 4.78 is 0. The van der Waals surface area contributed by atoms with Crippen molar-refractivity contribution in [2.75, 3.05) is 19.6 Å². The van der Waals surface area contributed by atoms with Gasteiger partial charge in [0.1, 0.15) is 0 Å². The molecule has 0 aromatic heterocycles. The topological polar surface area (TPSA) is 64.9 Å². The summed E-state index contributed by atoms with van der Waals surface area (Å²) in [7, 11) is 0. The third-order valence-electron chi connectivity index (χ3n) is 3.22. The molecule has 4 nitrogen and oxygen atoms in total. The van der Waals surface area contributed by atoms with Crippen molar-refractivity contribution in [1.29, 1.82) is 5.26 Å². The van der Waals surface area contributed by atoms with Gasteiger partial charge in [0, 0.05) is 19.4 Å². The first-order chi connectivity index (χ1) is 8.33. The zero-order valence-electron chi connectivity index (χ0n) is 10.5. The number of carbonyl (C=O) groups is 1. The lowest BCUT2D eigenvalue weighted by Gasteiger charge is -2.22. The molecule has 1 fully saturated rings. The van der Waals surface area contributed by atoms with Crippen LogP contribution < -0.4 is 10.6 Å². The number of unbranched alkanes of at least 4 members (excludes halogenated alkanes) is 2. The maximum Gasteiger partial charge on any atom is 0.220 e. The lowest BCUT2D eigenvalue weighted by molar-refractivity contribution is -0.121. The lowest BCUT2D eigenvalue weighted by Crippen LogP contribution is -2.31. The van der Waals surface area contributed by atoms with Crippen LogP contribution in [0.25, 0.3) is 0 Å². The standard InChI is InChI=1S/C13H23N3O/c14-8-2-1-3-10-16-13(17)7-6-12-5-4-9-15-11-12/h12,15H,1-7,9-11H2,(H,16,17). The highest BCUT2D eigenvalue weighted by Crippen LogP contribution is 2.15. The summed E-state index contributed by atoms with van der Waals surface area (Å²) >= 11 is 0. The molecule has 0 radical (unpaired) electrons. The van der Waals surface area contributed by atoms with Crippen molar-refractivity contribution in [3.05, 3.63) is 0 Å². The average Bonchev–Trinajstić information content (AvgIpc) is 2.37. The highest BCUT2D eigenvalue weighted by atomic mass is 16.1. The zero-order valence-corrected chi connectivity index (χ0v) is 10.5. The molecule has 0 bridgehead atoms. The van der Waals surface area contributed by atoms with Gasteiger partial charge in [-0.15, -0.1) is 0 Å². The number of carbonyl (C=O) groups excluding carboxylic acids is 1. The van der Waals surface area contributed by atoms with Crippen LogP contribution in [0.4, 0.5) is 0 Å². The molecular formula is C13H23N3O. The van der Waals surface area contributed by atoms with E-state index < -0.39 is 0 Å². The molecule has 1 unspecified atom stereocenters. The molecule has 1 aliphatic rings. The van der Waals surface area contributed by atoms with Crippen LogP contribution in [0, 0.1) is 17.2 Å². The van der Waals surface area contributed by atoms with Crippen LogP contribution in [-0.4, -0.2) is 25.5 Å². The summed E-state index contributed by atoms with van der Waals surface area (Å²) in [6.45, 7) is 2.90. The summed E-state index contributed by atoms with van der Waals surface area (Å²) in [5.41, 5.74) is 0. The molecule has 0 aliphatic carbocycles. The van der Waals surface area contributed by atoms with E-state index >= 15 is 0 Å². The van der Waals surface area contributed by atoms with Crippen molar-refractivity contribution in [2.24, 2.45) is 5.92 Å². The molecule has 0 saturated carbocycles. The highest BCUT2D eigenvalue weighted by molar-refractivity contribution is 5.75. The Bertz CT molecular complexity index is 254. The Morgan fingerprint density at radius 2 is 2.35 bits per heavy atom. The minimum Gasteiger partial charge on any atom is -0.356 e. The average molecular weight is 237 g/mol. The molecule has 96 valence electrons. The summed E-state index contributed by atoms with van der Waals surface area (Å²) in [5.74, 6) is 0.834. The number of rotatable bonds is 7. The smallest absolute Gasteiger partial charge is 0.220 e. The zero-order chi connectivity index (χ0) is 12.3. The van der Waals surface area contributed by atoms with E-state index in [0.29, 0.717) is 25.3 Å². The minimum atomic E-state index is 0.160. The van der Waals surface area contributed by atoms with Gasteiger partial charge in [0.2, 0.25) is 5.91 Å². The van der Waals surface area contributed by atoms with Crippen molar-refractivity contribution in [3.63, 3.8) is 0 Å². The Morgan fingerprint density at radius 3 is 3.06 bits per heavy atom. The Morgan fingerprint density at radius 1 is 1.47 bits per heavy atom. The maximum absolute atomic E-state index is 11.5. The van der Waals surface area contributed by atoms with Crippen LogP contribution in [0.3, 0.4) is 0 Å². The Kier molecular flexibility index (Phi) is 7.40. The van der Waals surface area contributed by atoms with Gasteiger partial charge >= 0.3 is 0 Å². The van der Waals surface area contributed by atoms with Crippen LogP contribution >= 0.6 is 0 Å². The lowest BCUT2D eigenvalue weighted by atomic mass is 9.94. The van der Waals surface area contributed by atoms with Crippen LogP contribution in [0.15, 0.2) is 0 Å². The molecule has 0 aromatic carbocycles. The number of nitriles is 1. The molecular weight excluding hydrogens is 214 g/mol. The molecule has 1 saturated heterocycles. The van der Waals surface area contributed by atoms with Gasteiger partial charge in [-0.2, -0.15) is 5.26 Å². The van der Waals surface area contributed by atoms with Crippen molar-refractivity contribution < 1.29 is 4.79 Å². The van der Waals surface area contributed by atoms with Gasteiger partial charge in [0.25, 0.3) is 0 Å². The van der Waals surface area contributed by atoms with Crippen molar-refractivity contribution in [3.8, 4) is 6.07 Å². The summed E-state index contributed by atoms with van der Waals surface area (Å²) in [4.78, 5) is 11.5. The number of hydrogen-bond acceptors (Lipinski definition) is 3. The number of nitrogens with zero attached hydrogens (tertiary/aromatic N) is 1. The minimum absolute atomic E-state index is 0.160. The maximum atomic E-state index is 11.5. The van der Waals surface area contributed by atoms with Crippen LogP contribution in [0.2, 0.25) is 0 Å². The van der Waals surface area contributed by atoms with Gasteiger partial charge in [0.15, 0.2) is 0 Å². The van der Waals surface area contributed by atoms with E-state index in [1.807, 2.05) is 0 Å². The Labute approximate surface area is 104 Å². The molecule has 1 atom stereocenters. The third kappa shape index (κ3) is 6.96. The van der Waals surface area contributed by atoms with Crippen molar-refractivity contribution in [2.45, 2.75) is 44.9 Å². The van der Waals surface area contributed by atoms with E-state index in [0.717, 1.165) is 32.4 Å². The molecule has 2 N–H and O–H groups in total. The molecule has 0 aromatic rings. The van der Waals surface area contributed by atoms with Gasteiger partial charge < -0.3 is 10.6 Å². The van der Waals surface area contributed by atoms with Crippen LogP contribution in [0.1, 0.15) is 44.9 Å². The van der Waals surface area contributed by atoms with E-state index in [1.54, 1.807) is 0 Å². The molecule has 0 spiro atoms.